The molecule has 112 valence electrons. The third kappa shape index (κ3) is 3.99. The summed E-state index contributed by atoms with van der Waals surface area (Å²) in [4.78, 5) is 0. The average molecular weight is 285 g/mol. The average Bonchev–Trinajstić information content (AvgIpc) is 2.48. The number of hydrogen-bond acceptors (Lipinski definition) is 3. The zero-order valence-corrected chi connectivity index (χ0v) is 12.9. The molecule has 0 radical (unpaired) electrons. The topological polar surface area (TPSA) is 41.5 Å². The largest absolute Gasteiger partial charge is 0.508 e. The fourth-order valence-corrected chi connectivity index (χ4v) is 2.33. The summed E-state index contributed by atoms with van der Waals surface area (Å²) in [6.07, 6.45) is 0. The second kappa shape index (κ2) is 7.14. The molecular formula is C18H23NO2. The Morgan fingerprint density at radius 2 is 1.95 bits per heavy atom. The number of phenols is 1. The van der Waals surface area contributed by atoms with Crippen LogP contribution in [0.1, 0.15) is 36.6 Å². The molecule has 0 fully saturated rings. The van der Waals surface area contributed by atoms with Gasteiger partial charge in [0.05, 0.1) is 12.6 Å². The number of benzene rings is 2. The molecule has 21 heavy (non-hydrogen) atoms. The predicted molar refractivity (Wildman–Crippen MR) is 86.7 cm³/mol. The van der Waals surface area contributed by atoms with Gasteiger partial charge in [-0.3, -0.25) is 0 Å². The van der Waals surface area contributed by atoms with Crippen molar-refractivity contribution in [3.8, 4) is 5.75 Å². The van der Waals surface area contributed by atoms with E-state index in [0.29, 0.717) is 19.0 Å². The second-order valence-corrected chi connectivity index (χ2v) is 5.22. The summed E-state index contributed by atoms with van der Waals surface area (Å²) in [7, 11) is 0. The van der Waals surface area contributed by atoms with E-state index in [9.17, 15) is 5.11 Å². The molecule has 2 aromatic rings. The van der Waals surface area contributed by atoms with E-state index in [4.69, 9.17) is 4.74 Å². The minimum atomic E-state index is 0.0210. The number of hydrogen-bond donors (Lipinski definition) is 2. The van der Waals surface area contributed by atoms with Crippen molar-refractivity contribution in [1.82, 2.24) is 0 Å². The van der Waals surface area contributed by atoms with Gasteiger partial charge in [-0.25, -0.2) is 0 Å². The first-order chi connectivity index (χ1) is 10.1. The van der Waals surface area contributed by atoms with Gasteiger partial charge in [-0.05, 0) is 32.9 Å². The minimum absolute atomic E-state index is 0.0210. The van der Waals surface area contributed by atoms with E-state index < -0.39 is 0 Å². The normalized spacial score (nSPS) is 12.1. The fourth-order valence-electron chi connectivity index (χ4n) is 2.33. The van der Waals surface area contributed by atoms with Gasteiger partial charge in [0, 0.05) is 23.4 Å². The third-order valence-electron chi connectivity index (χ3n) is 3.50. The number of nitrogens with one attached hydrogen (secondary N) is 1. The SMILES string of the molecule is CCOCc1ccccc1NC(C)c1cc(C)ccc1O. The van der Waals surface area contributed by atoms with Crippen molar-refractivity contribution in [3.63, 3.8) is 0 Å². The van der Waals surface area contributed by atoms with Crippen molar-refractivity contribution in [1.29, 1.82) is 0 Å². The molecule has 3 nitrogen and oxygen atoms in total. The molecule has 3 heteroatoms. The molecule has 1 unspecified atom stereocenters. The zero-order valence-electron chi connectivity index (χ0n) is 12.9. The lowest BCUT2D eigenvalue weighted by molar-refractivity contribution is 0.134. The molecule has 0 heterocycles. The molecular weight excluding hydrogens is 262 g/mol. The molecule has 2 rings (SSSR count). The first-order valence-corrected chi connectivity index (χ1v) is 7.33. The van der Waals surface area contributed by atoms with Gasteiger partial charge in [0.1, 0.15) is 5.75 Å². The van der Waals surface area contributed by atoms with Crippen LogP contribution in [-0.2, 0) is 11.3 Å². The Bertz CT molecular complexity index is 596. The molecule has 1 atom stereocenters. The molecule has 0 aliphatic rings. The van der Waals surface area contributed by atoms with Crippen LogP contribution in [0.15, 0.2) is 42.5 Å². The van der Waals surface area contributed by atoms with Crippen LogP contribution in [-0.4, -0.2) is 11.7 Å². The van der Waals surface area contributed by atoms with Gasteiger partial charge >= 0.3 is 0 Å². The van der Waals surface area contributed by atoms with Gasteiger partial charge in [0.2, 0.25) is 0 Å². The van der Waals surface area contributed by atoms with Crippen LogP contribution in [0, 0.1) is 6.92 Å². The van der Waals surface area contributed by atoms with Crippen LogP contribution >= 0.6 is 0 Å². The van der Waals surface area contributed by atoms with Crippen molar-refractivity contribution in [3.05, 3.63) is 59.2 Å². The summed E-state index contributed by atoms with van der Waals surface area (Å²) < 4.78 is 5.50. The van der Waals surface area contributed by atoms with Crippen LogP contribution < -0.4 is 5.32 Å². The van der Waals surface area contributed by atoms with Crippen LogP contribution in [0.2, 0.25) is 0 Å². The van der Waals surface area contributed by atoms with Gasteiger partial charge in [0.15, 0.2) is 0 Å². The van der Waals surface area contributed by atoms with Crippen molar-refractivity contribution < 1.29 is 9.84 Å². The van der Waals surface area contributed by atoms with Crippen molar-refractivity contribution in [2.24, 2.45) is 0 Å². The highest BCUT2D eigenvalue weighted by atomic mass is 16.5. The van der Waals surface area contributed by atoms with Gasteiger partial charge < -0.3 is 15.2 Å². The Morgan fingerprint density at radius 3 is 2.71 bits per heavy atom. The lowest BCUT2D eigenvalue weighted by Gasteiger charge is -2.20. The van der Waals surface area contributed by atoms with E-state index in [-0.39, 0.29) is 6.04 Å². The van der Waals surface area contributed by atoms with E-state index in [1.807, 2.05) is 51.1 Å². The predicted octanol–water partition coefficient (Wildman–Crippen LogP) is 4.41. The minimum Gasteiger partial charge on any atom is -0.508 e. The third-order valence-corrected chi connectivity index (χ3v) is 3.50. The Labute approximate surface area is 126 Å². The fraction of sp³-hybridized carbons (Fsp3) is 0.333. The van der Waals surface area contributed by atoms with Crippen LogP contribution in [0.5, 0.6) is 5.75 Å². The number of rotatable bonds is 6. The summed E-state index contributed by atoms with van der Waals surface area (Å²) in [5, 5.41) is 13.5. The van der Waals surface area contributed by atoms with Crippen molar-refractivity contribution in [2.45, 2.75) is 33.4 Å². The Hall–Kier alpha value is -2.00. The van der Waals surface area contributed by atoms with Gasteiger partial charge in [0.25, 0.3) is 0 Å². The van der Waals surface area contributed by atoms with Gasteiger partial charge in [-0.2, -0.15) is 0 Å². The summed E-state index contributed by atoms with van der Waals surface area (Å²) in [5.74, 6) is 0.322. The number of anilines is 1. The molecule has 2 N–H and O–H groups in total. The molecule has 0 aliphatic heterocycles. The molecule has 2 aromatic carbocycles. The summed E-state index contributed by atoms with van der Waals surface area (Å²) in [6, 6.07) is 13.8. The Kier molecular flexibility index (Phi) is 5.23. The Morgan fingerprint density at radius 1 is 1.19 bits per heavy atom. The Balaban J connectivity index is 2.19. The number of aryl methyl sites for hydroxylation is 1. The maximum absolute atomic E-state index is 10.0. The van der Waals surface area contributed by atoms with E-state index in [1.165, 1.54) is 0 Å². The van der Waals surface area contributed by atoms with E-state index in [0.717, 1.165) is 22.4 Å². The van der Waals surface area contributed by atoms with E-state index in [2.05, 4.69) is 11.4 Å². The van der Waals surface area contributed by atoms with Crippen molar-refractivity contribution in [2.75, 3.05) is 11.9 Å². The van der Waals surface area contributed by atoms with Crippen LogP contribution in [0.25, 0.3) is 0 Å². The zero-order chi connectivity index (χ0) is 15.2. The molecule has 0 spiro atoms. The lowest BCUT2D eigenvalue weighted by atomic mass is 10.0. The molecule has 0 bridgehead atoms. The summed E-state index contributed by atoms with van der Waals surface area (Å²) in [6.45, 7) is 7.35. The number of aromatic hydroxyl groups is 1. The summed E-state index contributed by atoms with van der Waals surface area (Å²) in [5.41, 5.74) is 4.21. The van der Waals surface area contributed by atoms with Gasteiger partial charge in [-0.15, -0.1) is 0 Å². The number of ether oxygens (including phenoxy) is 1. The van der Waals surface area contributed by atoms with Crippen LogP contribution in [0.3, 0.4) is 0 Å². The van der Waals surface area contributed by atoms with E-state index >= 15 is 0 Å². The first kappa shape index (κ1) is 15.4. The maximum atomic E-state index is 10.0. The molecule has 0 amide bonds. The number of para-hydroxylation sites is 1. The second-order valence-electron chi connectivity index (χ2n) is 5.22. The molecule has 0 aliphatic carbocycles. The highest BCUT2D eigenvalue weighted by molar-refractivity contribution is 5.53. The van der Waals surface area contributed by atoms with Crippen LogP contribution in [0.4, 0.5) is 5.69 Å². The smallest absolute Gasteiger partial charge is 0.120 e. The number of phenolic OH excluding ortho intramolecular Hbond substituents is 1. The standard InChI is InChI=1S/C18H23NO2/c1-4-21-12-15-7-5-6-8-17(15)19-14(3)16-11-13(2)9-10-18(16)20/h5-11,14,19-20H,4,12H2,1-3H3. The summed E-state index contributed by atoms with van der Waals surface area (Å²) >= 11 is 0. The van der Waals surface area contributed by atoms with Gasteiger partial charge in [-0.1, -0.05) is 35.9 Å². The molecule has 0 saturated carbocycles. The first-order valence-electron chi connectivity index (χ1n) is 7.33. The quantitative estimate of drug-likeness (QED) is 0.826. The molecule has 0 aromatic heterocycles. The lowest BCUT2D eigenvalue weighted by Crippen LogP contribution is -2.09. The highest BCUT2D eigenvalue weighted by Gasteiger charge is 2.12. The monoisotopic (exact) mass is 285 g/mol. The highest BCUT2D eigenvalue weighted by Crippen LogP contribution is 2.29. The van der Waals surface area contributed by atoms with Crippen molar-refractivity contribution >= 4 is 5.69 Å². The maximum Gasteiger partial charge on any atom is 0.120 e. The molecule has 0 saturated heterocycles. The van der Waals surface area contributed by atoms with E-state index in [1.54, 1.807) is 6.07 Å².